The minimum absolute atomic E-state index is 0.141. The third-order valence-corrected chi connectivity index (χ3v) is 3.56. The average Bonchev–Trinajstić information content (AvgIpc) is 2.16. The summed E-state index contributed by atoms with van der Waals surface area (Å²) in [5.41, 5.74) is -5.41. The largest absolute Gasteiger partial charge is 0.534 e. The quantitative estimate of drug-likeness (QED) is 0.471. The van der Waals surface area contributed by atoms with Gasteiger partial charge in [-0.3, -0.25) is 0 Å². The third kappa shape index (κ3) is 2.76. The Kier molecular flexibility index (Phi) is 3.63. The maximum Gasteiger partial charge on any atom is 0.534 e. The van der Waals surface area contributed by atoms with Crippen LogP contribution in [0.1, 0.15) is 0 Å². The summed E-state index contributed by atoms with van der Waals surface area (Å²) in [6.45, 7) is 1.71. The standard InChI is InChI=1S/C8H7F3O3SSi/c1-16-7-5-3-2-4-6(7)14-15(12,13)8(9,10)11/h2-5H,1H3. The fourth-order valence-corrected chi connectivity index (χ4v) is 2.11. The van der Waals surface area contributed by atoms with Crippen molar-refractivity contribution in [3.8, 4) is 5.75 Å². The van der Waals surface area contributed by atoms with Crippen LogP contribution in [0.3, 0.4) is 0 Å². The zero-order valence-corrected chi connectivity index (χ0v) is 9.89. The maximum atomic E-state index is 12.0. The summed E-state index contributed by atoms with van der Waals surface area (Å²) >= 11 is 0. The third-order valence-electron chi connectivity index (χ3n) is 1.64. The van der Waals surface area contributed by atoms with E-state index in [1.165, 1.54) is 18.2 Å². The first-order valence-corrected chi connectivity index (χ1v) is 6.96. The van der Waals surface area contributed by atoms with Gasteiger partial charge in [0, 0.05) is 0 Å². The molecule has 0 N–H and O–H groups in total. The van der Waals surface area contributed by atoms with E-state index in [1.807, 2.05) is 0 Å². The number of para-hydroxylation sites is 1. The van der Waals surface area contributed by atoms with Gasteiger partial charge in [-0.15, -0.1) is 0 Å². The fourth-order valence-electron chi connectivity index (χ4n) is 0.911. The average molecular weight is 268 g/mol. The second-order valence-electron chi connectivity index (χ2n) is 2.73. The van der Waals surface area contributed by atoms with Crippen LogP contribution in [0.5, 0.6) is 5.75 Å². The minimum Gasteiger partial charge on any atom is -0.376 e. The lowest BCUT2D eigenvalue weighted by Gasteiger charge is -2.11. The number of halogens is 3. The van der Waals surface area contributed by atoms with Crippen molar-refractivity contribution >= 4 is 24.8 Å². The van der Waals surface area contributed by atoms with Crippen LogP contribution in [0.25, 0.3) is 0 Å². The molecule has 16 heavy (non-hydrogen) atoms. The topological polar surface area (TPSA) is 43.4 Å². The maximum absolute atomic E-state index is 12.0. The van der Waals surface area contributed by atoms with Crippen LogP contribution < -0.4 is 9.37 Å². The molecule has 0 aliphatic heterocycles. The number of hydrogen-bond donors (Lipinski definition) is 0. The number of alkyl halides is 3. The highest BCUT2D eigenvalue weighted by atomic mass is 32.2. The molecule has 0 atom stereocenters. The van der Waals surface area contributed by atoms with Crippen LogP contribution in [-0.2, 0) is 10.1 Å². The van der Waals surface area contributed by atoms with Gasteiger partial charge in [-0.2, -0.15) is 21.6 Å². The van der Waals surface area contributed by atoms with E-state index in [-0.39, 0.29) is 15.3 Å². The van der Waals surface area contributed by atoms with Gasteiger partial charge in [0.25, 0.3) is 0 Å². The Morgan fingerprint density at radius 1 is 1.25 bits per heavy atom. The molecule has 3 nitrogen and oxygen atoms in total. The summed E-state index contributed by atoms with van der Waals surface area (Å²) in [5, 5.41) is 0.426. The molecule has 0 saturated heterocycles. The highest BCUT2D eigenvalue weighted by Crippen LogP contribution is 2.25. The molecule has 1 rings (SSSR count). The molecule has 88 valence electrons. The number of rotatable bonds is 3. The zero-order valence-electron chi connectivity index (χ0n) is 8.08. The Morgan fingerprint density at radius 2 is 1.81 bits per heavy atom. The van der Waals surface area contributed by atoms with Crippen LogP contribution in [-0.4, -0.2) is 23.4 Å². The van der Waals surface area contributed by atoms with Gasteiger partial charge in [0.05, 0.1) is 9.52 Å². The van der Waals surface area contributed by atoms with Crippen molar-refractivity contribution in [3.63, 3.8) is 0 Å². The predicted molar refractivity (Wildman–Crippen MR) is 53.3 cm³/mol. The highest BCUT2D eigenvalue weighted by molar-refractivity contribution is 7.88. The van der Waals surface area contributed by atoms with E-state index in [0.29, 0.717) is 5.19 Å². The van der Waals surface area contributed by atoms with Gasteiger partial charge in [-0.1, -0.05) is 24.7 Å². The number of hydrogen-bond acceptors (Lipinski definition) is 3. The molecule has 0 heterocycles. The van der Waals surface area contributed by atoms with Gasteiger partial charge in [-0.25, -0.2) is 0 Å². The molecule has 8 heteroatoms. The van der Waals surface area contributed by atoms with E-state index < -0.39 is 15.6 Å². The van der Waals surface area contributed by atoms with Gasteiger partial charge in [0.2, 0.25) is 0 Å². The van der Waals surface area contributed by atoms with Gasteiger partial charge in [0.1, 0.15) is 5.75 Å². The van der Waals surface area contributed by atoms with E-state index in [9.17, 15) is 21.6 Å². The SMILES string of the molecule is C[Si]c1ccccc1OS(=O)(=O)C(F)(F)F. The van der Waals surface area contributed by atoms with Gasteiger partial charge in [-0.05, 0) is 11.3 Å². The monoisotopic (exact) mass is 268 g/mol. The van der Waals surface area contributed by atoms with Crippen LogP contribution in [0.4, 0.5) is 13.2 Å². The second-order valence-corrected chi connectivity index (χ2v) is 5.31. The van der Waals surface area contributed by atoms with Crippen LogP contribution in [0.2, 0.25) is 6.55 Å². The predicted octanol–water partition coefficient (Wildman–Crippen LogP) is 1.29. The lowest BCUT2D eigenvalue weighted by Crippen LogP contribution is -2.30. The minimum atomic E-state index is -5.58. The van der Waals surface area contributed by atoms with Crippen molar-refractivity contribution in [3.05, 3.63) is 24.3 Å². The van der Waals surface area contributed by atoms with E-state index in [1.54, 1.807) is 12.6 Å². The Morgan fingerprint density at radius 3 is 2.31 bits per heavy atom. The van der Waals surface area contributed by atoms with Crippen LogP contribution >= 0.6 is 0 Å². The second kappa shape index (κ2) is 4.46. The molecule has 0 bridgehead atoms. The van der Waals surface area contributed by atoms with E-state index in [0.717, 1.165) is 0 Å². The fraction of sp³-hybridized carbons (Fsp3) is 0.250. The van der Waals surface area contributed by atoms with Crippen molar-refractivity contribution in [2.24, 2.45) is 0 Å². The van der Waals surface area contributed by atoms with E-state index in [4.69, 9.17) is 0 Å². The molecule has 2 radical (unpaired) electrons. The van der Waals surface area contributed by atoms with Crippen molar-refractivity contribution in [2.45, 2.75) is 12.1 Å². The summed E-state index contributed by atoms with van der Waals surface area (Å²) in [7, 11) is -5.44. The summed E-state index contributed by atoms with van der Waals surface area (Å²) in [4.78, 5) is 0. The van der Waals surface area contributed by atoms with Crippen molar-refractivity contribution < 1.29 is 25.8 Å². The van der Waals surface area contributed by atoms with Crippen molar-refractivity contribution in [1.82, 2.24) is 0 Å². The molecule has 0 amide bonds. The van der Waals surface area contributed by atoms with Gasteiger partial charge >= 0.3 is 15.6 Å². The summed E-state index contributed by atoms with van der Waals surface area (Å²) in [5.74, 6) is -0.277. The Bertz CT molecular complexity index is 470. The summed E-state index contributed by atoms with van der Waals surface area (Å²) < 4.78 is 61.7. The highest BCUT2D eigenvalue weighted by Gasteiger charge is 2.48. The molecule has 0 saturated carbocycles. The summed E-state index contributed by atoms with van der Waals surface area (Å²) in [6.07, 6.45) is 0. The molecular formula is C8H7F3O3SSi. The molecule has 0 unspecified atom stereocenters. The Labute approximate surface area is 93.2 Å². The van der Waals surface area contributed by atoms with Crippen molar-refractivity contribution in [2.75, 3.05) is 0 Å². The molecule has 1 aromatic rings. The molecule has 0 aliphatic rings. The molecular weight excluding hydrogens is 261 g/mol. The van der Waals surface area contributed by atoms with Crippen LogP contribution in [0.15, 0.2) is 24.3 Å². The van der Waals surface area contributed by atoms with Crippen molar-refractivity contribution in [1.29, 1.82) is 0 Å². The first-order chi connectivity index (χ1) is 7.28. The number of benzene rings is 1. The van der Waals surface area contributed by atoms with Gasteiger partial charge in [0.15, 0.2) is 0 Å². The molecule has 0 spiro atoms. The Hall–Kier alpha value is -1.02. The molecule has 1 aromatic carbocycles. The summed E-state index contributed by atoms with van der Waals surface area (Å²) in [6, 6.07) is 5.71. The first kappa shape index (κ1) is 13.0. The zero-order chi connectivity index (χ0) is 12.4. The normalized spacial score (nSPS) is 12.5. The van der Waals surface area contributed by atoms with Gasteiger partial charge < -0.3 is 4.18 Å². The Balaban J connectivity index is 3.06. The van der Waals surface area contributed by atoms with Crippen LogP contribution in [0, 0.1) is 0 Å². The smallest absolute Gasteiger partial charge is 0.376 e. The van der Waals surface area contributed by atoms with E-state index in [2.05, 4.69) is 4.18 Å². The van der Waals surface area contributed by atoms with E-state index >= 15 is 0 Å². The molecule has 0 fully saturated rings. The lowest BCUT2D eigenvalue weighted by atomic mass is 10.3. The molecule has 0 aliphatic carbocycles. The first-order valence-electron chi connectivity index (χ1n) is 4.05. The molecule has 0 aromatic heterocycles. The lowest BCUT2D eigenvalue weighted by molar-refractivity contribution is -0.0499.